The number of halogens is 1. The first-order valence-electron chi connectivity index (χ1n) is 5.69. The summed E-state index contributed by atoms with van der Waals surface area (Å²) in [5.41, 5.74) is 2.71. The Morgan fingerprint density at radius 1 is 1.06 bits per heavy atom. The smallest absolute Gasteiger partial charge is 0.132 e. The first-order valence-corrected chi connectivity index (χ1v) is 5.69. The van der Waals surface area contributed by atoms with Gasteiger partial charge in [0.1, 0.15) is 11.6 Å². The summed E-state index contributed by atoms with van der Waals surface area (Å²) in [6.07, 6.45) is 0. The second kappa shape index (κ2) is 4.18. The normalized spacial score (nSPS) is 10.8. The Morgan fingerprint density at radius 3 is 2.50 bits per heavy atom. The number of ether oxygens (including phenoxy) is 1. The predicted molar refractivity (Wildman–Crippen MR) is 70.2 cm³/mol. The third-order valence-corrected chi connectivity index (χ3v) is 3.01. The van der Waals surface area contributed by atoms with Crippen LogP contribution in [0.5, 0.6) is 5.75 Å². The highest BCUT2D eigenvalue weighted by Crippen LogP contribution is 2.27. The summed E-state index contributed by atoms with van der Waals surface area (Å²) in [5, 5.41) is 0.614. The van der Waals surface area contributed by atoms with Crippen LogP contribution in [-0.2, 0) is 0 Å². The van der Waals surface area contributed by atoms with Crippen molar-refractivity contribution >= 4 is 10.9 Å². The largest absolute Gasteiger partial charge is 0.497 e. The van der Waals surface area contributed by atoms with Crippen LogP contribution in [0, 0.1) is 5.82 Å². The van der Waals surface area contributed by atoms with Gasteiger partial charge in [-0.1, -0.05) is 6.07 Å². The lowest BCUT2D eigenvalue weighted by Gasteiger charge is -2.01. The minimum absolute atomic E-state index is 0.205. The maximum atomic E-state index is 13.6. The topological polar surface area (TPSA) is 25.0 Å². The summed E-state index contributed by atoms with van der Waals surface area (Å²) in [7, 11) is 1.63. The number of aromatic amines is 1. The van der Waals surface area contributed by atoms with Crippen LogP contribution in [0.25, 0.3) is 22.2 Å². The number of nitrogens with one attached hydrogen (secondary N) is 1. The second-order valence-electron chi connectivity index (χ2n) is 4.11. The van der Waals surface area contributed by atoms with Crippen molar-refractivity contribution in [2.75, 3.05) is 7.11 Å². The average Bonchev–Trinajstić information content (AvgIpc) is 2.84. The number of hydrogen-bond acceptors (Lipinski definition) is 1. The molecular formula is C15H12FNO. The van der Waals surface area contributed by atoms with Gasteiger partial charge in [0.2, 0.25) is 0 Å². The third-order valence-electron chi connectivity index (χ3n) is 3.01. The van der Waals surface area contributed by atoms with Gasteiger partial charge in [-0.15, -0.1) is 0 Å². The zero-order valence-corrected chi connectivity index (χ0v) is 9.91. The highest BCUT2D eigenvalue weighted by molar-refractivity contribution is 5.86. The summed E-state index contributed by atoms with van der Waals surface area (Å²) in [5.74, 6) is 0.601. The number of aromatic nitrogens is 1. The van der Waals surface area contributed by atoms with E-state index in [0.717, 1.165) is 22.5 Å². The third kappa shape index (κ3) is 1.74. The van der Waals surface area contributed by atoms with Gasteiger partial charge in [0.15, 0.2) is 0 Å². The van der Waals surface area contributed by atoms with E-state index in [1.54, 1.807) is 13.2 Å². The predicted octanol–water partition coefficient (Wildman–Crippen LogP) is 3.98. The van der Waals surface area contributed by atoms with Crippen LogP contribution in [0.1, 0.15) is 0 Å². The van der Waals surface area contributed by atoms with Gasteiger partial charge in [0.05, 0.1) is 7.11 Å². The number of hydrogen-bond donors (Lipinski definition) is 1. The molecule has 2 aromatic carbocycles. The summed E-state index contributed by atoms with van der Waals surface area (Å²) >= 11 is 0. The van der Waals surface area contributed by atoms with E-state index in [9.17, 15) is 4.39 Å². The molecule has 1 aromatic heterocycles. The van der Waals surface area contributed by atoms with Crippen molar-refractivity contribution in [1.29, 1.82) is 0 Å². The van der Waals surface area contributed by atoms with Crippen molar-refractivity contribution in [3.05, 3.63) is 54.3 Å². The first kappa shape index (κ1) is 10.8. The van der Waals surface area contributed by atoms with Gasteiger partial charge in [0, 0.05) is 16.6 Å². The maximum Gasteiger partial charge on any atom is 0.132 e. The Labute approximate surface area is 104 Å². The number of H-pyrrole nitrogens is 1. The molecular weight excluding hydrogens is 229 g/mol. The van der Waals surface area contributed by atoms with Crippen LogP contribution in [-0.4, -0.2) is 12.1 Å². The Bertz CT molecular complexity index is 685. The van der Waals surface area contributed by atoms with E-state index in [-0.39, 0.29) is 5.82 Å². The molecule has 3 aromatic rings. The van der Waals surface area contributed by atoms with E-state index < -0.39 is 0 Å². The molecule has 0 saturated carbocycles. The van der Waals surface area contributed by atoms with E-state index in [0.29, 0.717) is 5.39 Å². The molecule has 0 unspecified atom stereocenters. The van der Waals surface area contributed by atoms with Crippen LogP contribution >= 0.6 is 0 Å². The molecule has 1 N–H and O–H groups in total. The van der Waals surface area contributed by atoms with Gasteiger partial charge in [-0.25, -0.2) is 4.39 Å². The summed E-state index contributed by atoms with van der Waals surface area (Å²) in [6.45, 7) is 0. The molecule has 3 rings (SSSR count). The molecule has 90 valence electrons. The van der Waals surface area contributed by atoms with E-state index in [4.69, 9.17) is 4.74 Å². The van der Waals surface area contributed by atoms with Gasteiger partial charge < -0.3 is 9.72 Å². The maximum absolute atomic E-state index is 13.6. The zero-order valence-electron chi connectivity index (χ0n) is 9.91. The van der Waals surface area contributed by atoms with Crippen LogP contribution in [0.2, 0.25) is 0 Å². The molecule has 0 aliphatic rings. The fraction of sp³-hybridized carbons (Fsp3) is 0.0667. The van der Waals surface area contributed by atoms with Gasteiger partial charge in [-0.05, 0) is 48.0 Å². The van der Waals surface area contributed by atoms with Crippen molar-refractivity contribution < 1.29 is 9.13 Å². The number of fused-ring (bicyclic) bond motifs is 1. The molecule has 0 saturated heterocycles. The summed E-state index contributed by atoms with van der Waals surface area (Å²) in [4.78, 5) is 3.21. The van der Waals surface area contributed by atoms with E-state index in [2.05, 4.69) is 4.98 Å². The van der Waals surface area contributed by atoms with Gasteiger partial charge >= 0.3 is 0 Å². The van der Waals surface area contributed by atoms with Crippen LogP contribution in [0.15, 0.2) is 48.5 Å². The SMILES string of the molecule is COc1ccc(-c2cc3c(F)cccc3[nH]2)cc1. The summed E-state index contributed by atoms with van der Waals surface area (Å²) < 4.78 is 18.7. The van der Waals surface area contributed by atoms with Crippen LogP contribution in [0.4, 0.5) is 4.39 Å². The molecule has 0 aliphatic heterocycles. The Balaban J connectivity index is 2.10. The lowest BCUT2D eigenvalue weighted by atomic mass is 10.1. The fourth-order valence-corrected chi connectivity index (χ4v) is 2.04. The van der Waals surface area contributed by atoms with Crippen molar-refractivity contribution in [3.8, 4) is 17.0 Å². The molecule has 0 radical (unpaired) electrons. The minimum atomic E-state index is -0.205. The van der Waals surface area contributed by atoms with E-state index >= 15 is 0 Å². The van der Waals surface area contributed by atoms with Crippen LogP contribution < -0.4 is 4.74 Å². The Kier molecular flexibility index (Phi) is 2.52. The molecule has 1 heterocycles. The zero-order chi connectivity index (χ0) is 12.5. The first-order chi connectivity index (χ1) is 8.78. The fourth-order valence-electron chi connectivity index (χ4n) is 2.04. The average molecular weight is 241 g/mol. The van der Waals surface area contributed by atoms with Gasteiger partial charge in [0.25, 0.3) is 0 Å². The van der Waals surface area contributed by atoms with E-state index in [1.165, 1.54) is 6.07 Å². The minimum Gasteiger partial charge on any atom is -0.497 e. The standard InChI is InChI=1S/C15H12FNO/c1-18-11-7-5-10(6-8-11)15-9-12-13(16)3-2-4-14(12)17-15/h2-9,17H,1H3. The number of benzene rings is 2. The molecule has 0 spiro atoms. The van der Waals surface area contributed by atoms with E-state index in [1.807, 2.05) is 36.4 Å². The molecule has 0 bridgehead atoms. The second-order valence-corrected chi connectivity index (χ2v) is 4.11. The lowest BCUT2D eigenvalue weighted by Crippen LogP contribution is -1.82. The van der Waals surface area contributed by atoms with Crippen molar-refractivity contribution in [1.82, 2.24) is 4.98 Å². The Hall–Kier alpha value is -2.29. The lowest BCUT2D eigenvalue weighted by molar-refractivity contribution is 0.415. The summed E-state index contributed by atoms with van der Waals surface area (Å²) in [6, 6.07) is 14.5. The highest BCUT2D eigenvalue weighted by atomic mass is 19.1. The van der Waals surface area contributed by atoms with Gasteiger partial charge in [-0.2, -0.15) is 0 Å². The molecule has 0 fully saturated rings. The molecule has 0 atom stereocenters. The molecule has 18 heavy (non-hydrogen) atoms. The number of methoxy groups -OCH3 is 1. The molecule has 3 heteroatoms. The molecule has 2 nitrogen and oxygen atoms in total. The van der Waals surface area contributed by atoms with Crippen molar-refractivity contribution in [3.63, 3.8) is 0 Å². The molecule has 0 aliphatic carbocycles. The Morgan fingerprint density at radius 2 is 1.83 bits per heavy atom. The van der Waals surface area contributed by atoms with Crippen LogP contribution in [0.3, 0.4) is 0 Å². The van der Waals surface area contributed by atoms with Crippen molar-refractivity contribution in [2.45, 2.75) is 0 Å². The molecule has 0 amide bonds. The van der Waals surface area contributed by atoms with Crippen molar-refractivity contribution in [2.24, 2.45) is 0 Å². The number of rotatable bonds is 2. The highest BCUT2D eigenvalue weighted by Gasteiger charge is 2.06. The van der Waals surface area contributed by atoms with Gasteiger partial charge in [-0.3, -0.25) is 0 Å². The monoisotopic (exact) mass is 241 g/mol. The quantitative estimate of drug-likeness (QED) is 0.721.